The number of nitrogen functional groups attached to an aromatic ring is 1. The first-order valence-electron chi connectivity index (χ1n) is 6.46. The van der Waals surface area contributed by atoms with Gasteiger partial charge in [-0.3, -0.25) is 0 Å². The maximum atomic E-state index is 12.1. The molecule has 1 aliphatic heterocycles. The number of benzene rings is 1. The van der Waals surface area contributed by atoms with Crippen molar-refractivity contribution in [1.82, 2.24) is 0 Å². The molecule has 0 aromatic heterocycles. The number of rotatable bonds is 2. The van der Waals surface area contributed by atoms with E-state index in [2.05, 4.69) is 0 Å². The predicted octanol–water partition coefficient (Wildman–Crippen LogP) is 2.77. The number of carbonyl (C=O) groups excluding carboxylic acids is 1. The molecule has 4 heteroatoms. The fraction of sp³-hybridized carbons (Fsp3) is 0.533. The molecule has 0 amide bonds. The molecule has 1 aromatic rings. The van der Waals surface area contributed by atoms with Crippen LogP contribution in [0.2, 0.25) is 0 Å². The van der Waals surface area contributed by atoms with Gasteiger partial charge in [-0.1, -0.05) is 6.07 Å². The zero-order valence-corrected chi connectivity index (χ0v) is 11.9. The lowest BCUT2D eigenvalue weighted by Gasteiger charge is -2.26. The summed E-state index contributed by atoms with van der Waals surface area (Å²) < 4.78 is 11.5. The van der Waals surface area contributed by atoms with E-state index >= 15 is 0 Å². The minimum Gasteiger partial charge on any atom is -0.456 e. The molecule has 1 unspecified atom stereocenters. The second-order valence-electron chi connectivity index (χ2n) is 6.19. The molecule has 1 atom stereocenters. The predicted molar refractivity (Wildman–Crippen MR) is 73.9 cm³/mol. The monoisotopic (exact) mass is 263 g/mol. The van der Waals surface area contributed by atoms with Crippen LogP contribution in [0.3, 0.4) is 0 Å². The molecule has 1 heterocycles. The van der Waals surface area contributed by atoms with Gasteiger partial charge in [-0.2, -0.15) is 0 Å². The highest BCUT2D eigenvalue weighted by atomic mass is 16.6. The fourth-order valence-corrected chi connectivity index (χ4v) is 2.56. The van der Waals surface area contributed by atoms with Gasteiger partial charge in [0.15, 0.2) is 0 Å². The molecular weight excluding hydrogens is 242 g/mol. The molecule has 4 nitrogen and oxygen atoms in total. The van der Waals surface area contributed by atoms with E-state index in [4.69, 9.17) is 15.2 Å². The first-order chi connectivity index (χ1) is 8.70. The molecule has 1 aromatic carbocycles. The minimum absolute atomic E-state index is 0.253. The normalized spacial score (nSPS) is 24.1. The average molecular weight is 263 g/mol. The number of anilines is 1. The molecule has 0 spiro atoms. The van der Waals surface area contributed by atoms with Gasteiger partial charge in [0.2, 0.25) is 0 Å². The number of ether oxygens (including phenoxy) is 2. The third kappa shape index (κ3) is 3.07. The van der Waals surface area contributed by atoms with Gasteiger partial charge in [-0.05, 0) is 45.9 Å². The van der Waals surface area contributed by atoms with E-state index in [0.717, 1.165) is 0 Å². The van der Waals surface area contributed by atoms with Crippen LogP contribution in [-0.2, 0) is 9.47 Å². The first kappa shape index (κ1) is 13.9. The van der Waals surface area contributed by atoms with Crippen molar-refractivity contribution in [3.05, 3.63) is 29.8 Å². The largest absolute Gasteiger partial charge is 0.456 e. The number of hydrogen-bond donors (Lipinski definition) is 1. The Morgan fingerprint density at radius 3 is 2.58 bits per heavy atom. The summed E-state index contributed by atoms with van der Waals surface area (Å²) in [5.74, 6) is -0.355. The SMILES string of the molecule is CC1(C)CC(OC(=O)c2cccc(N)c2)C(C)(C)O1. The van der Waals surface area contributed by atoms with Crippen LogP contribution in [-0.4, -0.2) is 23.3 Å². The van der Waals surface area contributed by atoms with E-state index in [1.807, 2.05) is 27.7 Å². The van der Waals surface area contributed by atoms with Crippen LogP contribution < -0.4 is 5.73 Å². The van der Waals surface area contributed by atoms with E-state index in [1.165, 1.54) is 0 Å². The Balaban J connectivity index is 2.11. The van der Waals surface area contributed by atoms with Gasteiger partial charge >= 0.3 is 5.97 Å². The van der Waals surface area contributed by atoms with Crippen molar-refractivity contribution in [1.29, 1.82) is 0 Å². The van der Waals surface area contributed by atoms with Gasteiger partial charge in [0.05, 0.1) is 11.2 Å². The van der Waals surface area contributed by atoms with E-state index in [9.17, 15) is 4.79 Å². The molecular formula is C15H21NO3. The number of hydrogen-bond acceptors (Lipinski definition) is 4. The number of esters is 1. The van der Waals surface area contributed by atoms with Gasteiger partial charge < -0.3 is 15.2 Å². The van der Waals surface area contributed by atoms with Gasteiger partial charge in [0.1, 0.15) is 11.7 Å². The van der Waals surface area contributed by atoms with Crippen LogP contribution in [0.4, 0.5) is 5.69 Å². The smallest absolute Gasteiger partial charge is 0.338 e. The van der Waals surface area contributed by atoms with Crippen molar-refractivity contribution >= 4 is 11.7 Å². The van der Waals surface area contributed by atoms with Crippen LogP contribution in [0.1, 0.15) is 44.5 Å². The Morgan fingerprint density at radius 2 is 2.05 bits per heavy atom. The first-order valence-corrected chi connectivity index (χ1v) is 6.46. The summed E-state index contributed by atoms with van der Waals surface area (Å²) in [6.45, 7) is 7.89. The Bertz CT molecular complexity index is 494. The molecule has 0 bridgehead atoms. The van der Waals surface area contributed by atoms with Crippen LogP contribution >= 0.6 is 0 Å². The lowest BCUT2D eigenvalue weighted by molar-refractivity contribution is -0.0924. The van der Waals surface area contributed by atoms with Crippen LogP contribution in [0.25, 0.3) is 0 Å². The third-order valence-electron chi connectivity index (χ3n) is 3.36. The summed E-state index contributed by atoms with van der Waals surface area (Å²) in [5, 5.41) is 0. The van der Waals surface area contributed by atoms with E-state index in [1.54, 1.807) is 24.3 Å². The Kier molecular flexibility index (Phi) is 3.31. The average Bonchev–Trinajstić information content (AvgIpc) is 2.46. The third-order valence-corrected chi connectivity index (χ3v) is 3.36. The highest BCUT2D eigenvalue weighted by Gasteiger charge is 2.48. The molecule has 1 aliphatic rings. The summed E-state index contributed by atoms with van der Waals surface area (Å²) in [4.78, 5) is 12.1. The van der Waals surface area contributed by atoms with Crippen molar-refractivity contribution in [2.75, 3.05) is 5.73 Å². The van der Waals surface area contributed by atoms with Crippen molar-refractivity contribution in [3.63, 3.8) is 0 Å². The maximum absolute atomic E-state index is 12.1. The van der Waals surface area contributed by atoms with E-state index in [0.29, 0.717) is 17.7 Å². The lowest BCUT2D eigenvalue weighted by atomic mass is 9.97. The Hall–Kier alpha value is -1.55. The summed E-state index contributed by atoms with van der Waals surface area (Å²) in [5.41, 5.74) is 5.95. The van der Waals surface area contributed by atoms with E-state index in [-0.39, 0.29) is 17.7 Å². The molecule has 19 heavy (non-hydrogen) atoms. The molecule has 2 N–H and O–H groups in total. The van der Waals surface area contributed by atoms with Crippen LogP contribution in [0.5, 0.6) is 0 Å². The summed E-state index contributed by atoms with van der Waals surface area (Å²) in [6.07, 6.45) is 0.435. The van der Waals surface area contributed by atoms with Gasteiger partial charge in [-0.15, -0.1) is 0 Å². The highest BCUT2D eigenvalue weighted by Crippen LogP contribution is 2.39. The number of carbonyl (C=O) groups is 1. The lowest BCUT2D eigenvalue weighted by Crippen LogP contribution is -2.36. The Labute approximate surface area is 113 Å². The second-order valence-corrected chi connectivity index (χ2v) is 6.19. The highest BCUT2D eigenvalue weighted by molar-refractivity contribution is 5.90. The van der Waals surface area contributed by atoms with Gasteiger partial charge in [0.25, 0.3) is 0 Å². The number of nitrogens with two attached hydrogens (primary N) is 1. The molecule has 1 saturated heterocycles. The van der Waals surface area contributed by atoms with E-state index < -0.39 is 5.60 Å². The molecule has 104 valence electrons. The van der Waals surface area contributed by atoms with Crippen molar-refractivity contribution in [2.24, 2.45) is 0 Å². The van der Waals surface area contributed by atoms with Gasteiger partial charge in [-0.25, -0.2) is 4.79 Å². The quantitative estimate of drug-likeness (QED) is 0.658. The fourth-order valence-electron chi connectivity index (χ4n) is 2.56. The summed E-state index contributed by atoms with van der Waals surface area (Å²) in [6, 6.07) is 6.80. The standard InChI is InChI=1S/C15H21NO3/c1-14(2)9-12(15(3,4)19-14)18-13(17)10-6-5-7-11(16)8-10/h5-8,12H,9,16H2,1-4H3. The van der Waals surface area contributed by atoms with Crippen LogP contribution in [0, 0.1) is 0 Å². The molecule has 0 saturated carbocycles. The molecule has 2 rings (SSSR count). The second kappa shape index (κ2) is 4.53. The molecule has 1 fully saturated rings. The summed E-state index contributed by atoms with van der Waals surface area (Å²) in [7, 11) is 0. The molecule has 0 radical (unpaired) electrons. The maximum Gasteiger partial charge on any atom is 0.338 e. The molecule has 0 aliphatic carbocycles. The topological polar surface area (TPSA) is 61.5 Å². The van der Waals surface area contributed by atoms with Gasteiger partial charge in [0, 0.05) is 12.1 Å². The van der Waals surface area contributed by atoms with Crippen molar-refractivity contribution in [2.45, 2.75) is 51.4 Å². The zero-order chi connectivity index (χ0) is 14.3. The van der Waals surface area contributed by atoms with Crippen LogP contribution in [0.15, 0.2) is 24.3 Å². The van der Waals surface area contributed by atoms with Crippen molar-refractivity contribution < 1.29 is 14.3 Å². The zero-order valence-electron chi connectivity index (χ0n) is 11.9. The minimum atomic E-state index is -0.473. The summed E-state index contributed by atoms with van der Waals surface area (Å²) >= 11 is 0. The van der Waals surface area contributed by atoms with Crippen molar-refractivity contribution in [3.8, 4) is 0 Å². The Morgan fingerprint density at radius 1 is 1.37 bits per heavy atom.